The van der Waals surface area contributed by atoms with E-state index >= 15 is 0 Å². The summed E-state index contributed by atoms with van der Waals surface area (Å²) in [4.78, 5) is 33.0. The summed E-state index contributed by atoms with van der Waals surface area (Å²) in [7, 11) is 0. The number of nitrogens with one attached hydrogen (secondary N) is 1. The molecule has 1 fully saturated rings. The van der Waals surface area contributed by atoms with E-state index in [0.29, 0.717) is 13.1 Å². The molecule has 0 bridgehead atoms. The van der Waals surface area contributed by atoms with Gasteiger partial charge in [-0.15, -0.1) is 23.1 Å². The number of benzene rings is 1. The van der Waals surface area contributed by atoms with Gasteiger partial charge in [-0.1, -0.05) is 0 Å². The van der Waals surface area contributed by atoms with Crippen LogP contribution in [0.4, 0.5) is 5.69 Å². The molecular weight excluding hydrogens is 368 g/mol. The van der Waals surface area contributed by atoms with Crippen LogP contribution in [0.3, 0.4) is 0 Å². The first kappa shape index (κ1) is 17.1. The number of rotatable bonds is 5. The zero-order chi connectivity index (χ0) is 18.1. The number of carbonyl (C=O) groups is 2. The fraction of sp³-hybridized carbons (Fsp3) is 0.278. The number of hydrogen-bond acceptors (Lipinski definition) is 5. The van der Waals surface area contributed by atoms with Crippen molar-refractivity contribution >= 4 is 45.6 Å². The predicted molar refractivity (Wildman–Crippen MR) is 104 cm³/mol. The van der Waals surface area contributed by atoms with Crippen molar-refractivity contribution in [2.75, 3.05) is 17.7 Å². The van der Waals surface area contributed by atoms with Gasteiger partial charge in [-0.3, -0.25) is 14.0 Å². The summed E-state index contributed by atoms with van der Waals surface area (Å²) in [6, 6.07) is 7.85. The first-order valence-corrected chi connectivity index (χ1v) is 10.4. The number of thioether (sulfide) groups is 1. The molecule has 26 heavy (non-hydrogen) atoms. The van der Waals surface area contributed by atoms with Crippen molar-refractivity contribution in [3.8, 4) is 0 Å². The predicted octanol–water partition coefficient (Wildman–Crippen LogP) is 2.79. The molecule has 1 aliphatic heterocycles. The number of fused-ring (bicyclic) bond motifs is 1. The molecule has 1 atom stereocenters. The average molecular weight is 387 g/mol. The first-order valence-electron chi connectivity index (χ1n) is 8.27. The maximum Gasteiger partial charge on any atom is 0.227 e. The number of hydrogen-bond donors (Lipinski definition) is 1. The van der Waals surface area contributed by atoms with Gasteiger partial charge in [0.05, 0.1) is 18.2 Å². The standard InChI is InChI=1S/C18H18N4O2S2/c1-25-15-4-2-14(3-5-15)22-10-12(8-16(22)23)17(24)19-9-13-11-21-6-7-26-18(21)20-13/h2-7,11-12H,8-10H2,1H3,(H,19,24). The zero-order valence-corrected chi connectivity index (χ0v) is 15.8. The highest BCUT2D eigenvalue weighted by Crippen LogP contribution is 2.27. The molecule has 134 valence electrons. The molecule has 1 aliphatic rings. The molecule has 6 nitrogen and oxygen atoms in total. The Hall–Kier alpha value is -2.32. The van der Waals surface area contributed by atoms with Crippen LogP contribution in [0.25, 0.3) is 4.96 Å². The Morgan fingerprint density at radius 3 is 2.92 bits per heavy atom. The Balaban J connectivity index is 1.37. The van der Waals surface area contributed by atoms with Gasteiger partial charge in [0.15, 0.2) is 4.96 Å². The van der Waals surface area contributed by atoms with Gasteiger partial charge in [-0.2, -0.15) is 0 Å². The summed E-state index contributed by atoms with van der Waals surface area (Å²) in [5, 5.41) is 4.88. The highest BCUT2D eigenvalue weighted by molar-refractivity contribution is 7.98. The molecule has 8 heteroatoms. The van der Waals surface area contributed by atoms with Crippen LogP contribution in [0.15, 0.2) is 46.9 Å². The van der Waals surface area contributed by atoms with Crippen LogP contribution in [0.1, 0.15) is 12.1 Å². The van der Waals surface area contributed by atoms with Gasteiger partial charge in [0.25, 0.3) is 0 Å². The highest BCUT2D eigenvalue weighted by Gasteiger charge is 2.35. The molecule has 0 spiro atoms. The number of thiazole rings is 1. The van der Waals surface area contributed by atoms with E-state index < -0.39 is 0 Å². The largest absolute Gasteiger partial charge is 0.350 e. The second-order valence-corrected chi connectivity index (χ2v) is 7.90. The lowest BCUT2D eigenvalue weighted by molar-refractivity contribution is -0.126. The number of aromatic nitrogens is 2. The SMILES string of the molecule is CSc1ccc(N2CC(C(=O)NCc3cn4ccsc4n3)CC2=O)cc1. The normalized spacial score (nSPS) is 17.2. The van der Waals surface area contributed by atoms with Gasteiger partial charge in [0.1, 0.15) is 0 Å². The molecule has 1 saturated heterocycles. The molecule has 4 rings (SSSR count). The van der Waals surface area contributed by atoms with Crippen LogP contribution in [0.5, 0.6) is 0 Å². The Morgan fingerprint density at radius 1 is 1.38 bits per heavy atom. The molecule has 2 aromatic heterocycles. The van der Waals surface area contributed by atoms with E-state index in [1.165, 1.54) is 0 Å². The Bertz CT molecular complexity index is 919. The smallest absolute Gasteiger partial charge is 0.227 e. The number of carbonyl (C=O) groups excluding carboxylic acids is 2. The van der Waals surface area contributed by atoms with Crippen molar-refractivity contribution in [1.29, 1.82) is 0 Å². The minimum Gasteiger partial charge on any atom is -0.350 e. The summed E-state index contributed by atoms with van der Waals surface area (Å²) < 4.78 is 1.94. The molecular formula is C18H18N4O2S2. The van der Waals surface area contributed by atoms with Gasteiger partial charge in [0.2, 0.25) is 11.8 Å². The summed E-state index contributed by atoms with van der Waals surface area (Å²) in [6.45, 7) is 0.794. The Kier molecular flexibility index (Phi) is 4.69. The summed E-state index contributed by atoms with van der Waals surface area (Å²) >= 11 is 3.21. The molecule has 0 aliphatic carbocycles. The van der Waals surface area contributed by atoms with Crippen molar-refractivity contribution in [2.24, 2.45) is 5.92 Å². The quantitative estimate of drug-likeness (QED) is 0.685. The van der Waals surface area contributed by atoms with Crippen LogP contribution >= 0.6 is 23.1 Å². The van der Waals surface area contributed by atoms with Crippen LogP contribution in [0, 0.1) is 5.92 Å². The lowest BCUT2D eigenvalue weighted by Gasteiger charge is -2.17. The zero-order valence-electron chi connectivity index (χ0n) is 14.2. The minimum absolute atomic E-state index is 0.00967. The molecule has 3 aromatic rings. The topological polar surface area (TPSA) is 66.7 Å². The maximum atomic E-state index is 12.5. The summed E-state index contributed by atoms with van der Waals surface area (Å²) in [5.41, 5.74) is 1.66. The monoisotopic (exact) mass is 386 g/mol. The van der Waals surface area contributed by atoms with E-state index in [4.69, 9.17) is 0 Å². The molecule has 0 radical (unpaired) electrons. The van der Waals surface area contributed by atoms with Gasteiger partial charge in [-0.25, -0.2) is 4.98 Å². The van der Waals surface area contributed by atoms with Crippen molar-refractivity contribution in [3.63, 3.8) is 0 Å². The number of imidazole rings is 1. The van der Waals surface area contributed by atoms with Crippen molar-refractivity contribution < 1.29 is 9.59 Å². The minimum atomic E-state index is -0.327. The molecule has 0 saturated carbocycles. The lowest BCUT2D eigenvalue weighted by atomic mass is 10.1. The Morgan fingerprint density at radius 2 is 2.19 bits per heavy atom. The summed E-state index contributed by atoms with van der Waals surface area (Å²) in [6.07, 6.45) is 6.11. The van der Waals surface area contributed by atoms with E-state index in [9.17, 15) is 9.59 Å². The fourth-order valence-electron chi connectivity index (χ4n) is 3.08. The van der Waals surface area contributed by atoms with Gasteiger partial charge < -0.3 is 10.2 Å². The number of nitrogens with zero attached hydrogens (tertiary/aromatic N) is 3. The molecule has 1 aromatic carbocycles. The third-order valence-corrected chi connectivity index (χ3v) is 5.98. The molecule has 3 heterocycles. The van der Waals surface area contributed by atoms with Crippen LogP contribution in [0.2, 0.25) is 0 Å². The Labute approximate surface area is 159 Å². The van der Waals surface area contributed by atoms with Crippen molar-refractivity contribution in [1.82, 2.24) is 14.7 Å². The average Bonchev–Trinajstić information content (AvgIpc) is 3.34. The number of anilines is 1. The van der Waals surface area contributed by atoms with Gasteiger partial charge in [0, 0.05) is 41.3 Å². The molecule has 1 unspecified atom stereocenters. The van der Waals surface area contributed by atoms with E-state index in [0.717, 1.165) is 21.2 Å². The van der Waals surface area contributed by atoms with E-state index in [1.54, 1.807) is 28.0 Å². The third-order valence-electron chi connectivity index (χ3n) is 4.47. The van der Waals surface area contributed by atoms with Crippen molar-refractivity contribution in [3.05, 3.63) is 47.7 Å². The second kappa shape index (κ2) is 7.13. The van der Waals surface area contributed by atoms with Gasteiger partial charge in [-0.05, 0) is 30.5 Å². The lowest BCUT2D eigenvalue weighted by Crippen LogP contribution is -2.32. The van der Waals surface area contributed by atoms with E-state index in [-0.39, 0.29) is 24.2 Å². The van der Waals surface area contributed by atoms with Crippen LogP contribution < -0.4 is 10.2 Å². The maximum absolute atomic E-state index is 12.5. The van der Waals surface area contributed by atoms with E-state index in [1.807, 2.05) is 52.7 Å². The molecule has 1 N–H and O–H groups in total. The number of amides is 2. The second-order valence-electron chi connectivity index (χ2n) is 6.15. The fourth-order valence-corrected chi connectivity index (χ4v) is 4.21. The van der Waals surface area contributed by atoms with Crippen molar-refractivity contribution in [2.45, 2.75) is 17.9 Å². The van der Waals surface area contributed by atoms with Crippen LogP contribution in [-0.2, 0) is 16.1 Å². The molecule has 2 amide bonds. The third kappa shape index (κ3) is 3.34. The first-order chi connectivity index (χ1) is 12.6. The highest BCUT2D eigenvalue weighted by atomic mass is 32.2. The summed E-state index contributed by atoms with van der Waals surface area (Å²) in [5.74, 6) is -0.436. The van der Waals surface area contributed by atoms with Crippen LogP contribution in [-0.4, -0.2) is 34.0 Å². The van der Waals surface area contributed by atoms with Gasteiger partial charge >= 0.3 is 0 Å². The van der Waals surface area contributed by atoms with E-state index in [2.05, 4.69) is 10.3 Å².